The highest BCUT2D eigenvalue weighted by molar-refractivity contribution is 5.72. The molecular formula is C9H10FNO2. The number of ether oxygens (including phenoxy) is 1. The SMILES string of the molecule is COC(=O)Cc1ncc(F)cc1C. The third kappa shape index (κ3) is 2.50. The van der Waals surface area contributed by atoms with Crippen LogP contribution in [0.15, 0.2) is 12.3 Å². The predicted octanol–water partition coefficient (Wildman–Crippen LogP) is 1.24. The fourth-order valence-electron chi connectivity index (χ4n) is 0.963. The minimum absolute atomic E-state index is 0.0859. The minimum Gasteiger partial charge on any atom is -0.469 e. The largest absolute Gasteiger partial charge is 0.469 e. The number of aryl methyl sites for hydroxylation is 1. The lowest BCUT2D eigenvalue weighted by Crippen LogP contribution is -2.07. The van der Waals surface area contributed by atoms with Crippen molar-refractivity contribution in [3.05, 3.63) is 29.3 Å². The van der Waals surface area contributed by atoms with E-state index in [1.165, 1.54) is 13.2 Å². The summed E-state index contributed by atoms with van der Waals surface area (Å²) in [6, 6.07) is 1.34. The standard InChI is InChI=1S/C9H10FNO2/c1-6-3-7(10)5-11-8(6)4-9(12)13-2/h3,5H,4H2,1-2H3. The number of rotatable bonds is 2. The number of aromatic nitrogens is 1. The maximum Gasteiger partial charge on any atom is 0.311 e. The maximum atomic E-state index is 12.6. The van der Waals surface area contributed by atoms with Gasteiger partial charge in [-0.25, -0.2) is 4.39 Å². The molecule has 3 nitrogen and oxygen atoms in total. The van der Waals surface area contributed by atoms with Gasteiger partial charge in [-0.2, -0.15) is 0 Å². The summed E-state index contributed by atoms with van der Waals surface area (Å²) in [6.07, 6.45) is 1.17. The molecule has 70 valence electrons. The monoisotopic (exact) mass is 183 g/mol. The average molecular weight is 183 g/mol. The lowest BCUT2D eigenvalue weighted by atomic mass is 10.1. The summed E-state index contributed by atoms with van der Waals surface area (Å²) in [4.78, 5) is 14.7. The van der Waals surface area contributed by atoms with E-state index in [9.17, 15) is 9.18 Å². The number of methoxy groups -OCH3 is 1. The van der Waals surface area contributed by atoms with Crippen LogP contribution in [0.1, 0.15) is 11.3 Å². The summed E-state index contributed by atoms with van der Waals surface area (Å²) in [5.74, 6) is -0.770. The Kier molecular flexibility index (Phi) is 2.95. The van der Waals surface area contributed by atoms with E-state index in [1.807, 2.05) is 0 Å². The van der Waals surface area contributed by atoms with Crippen LogP contribution < -0.4 is 0 Å². The van der Waals surface area contributed by atoms with E-state index in [0.717, 1.165) is 6.20 Å². The van der Waals surface area contributed by atoms with Gasteiger partial charge >= 0.3 is 5.97 Å². The van der Waals surface area contributed by atoms with Crippen molar-refractivity contribution in [2.75, 3.05) is 7.11 Å². The van der Waals surface area contributed by atoms with Crippen molar-refractivity contribution in [2.45, 2.75) is 13.3 Å². The van der Waals surface area contributed by atoms with E-state index < -0.39 is 5.82 Å². The summed E-state index contributed by atoms with van der Waals surface area (Å²) in [6.45, 7) is 1.70. The first-order valence-corrected chi connectivity index (χ1v) is 3.81. The molecule has 0 aromatic carbocycles. The van der Waals surface area contributed by atoms with Gasteiger partial charge in [-0.1, -0.05) is 0 Å². The van der Waals surface area contributed by atoms with E-state index in [1.54, 1.807) is 6.92 Å². The lowest BCUT2D eigenvalue weighted by Gasteiger charge is -2.02. The normalized spacial score (nSPS) is 9.77. The molecule has 0 radical (unpaired) electrons. The number of pyridine rings is 1. The second kappa shape index (κ2) is 3.98. The van der Waals surface area contributed by atoms with Crippen molar-refractivity contribution >= 4 is 5.97 Å². The van der Waals surface area contributed by atoms with Crippen molar-refractivity contribution in [1.82, 2.24) is 4.98 Å². The van der Waals surface area contributed by atoms with E-state index >= 15 is 0 Å². The van der Waals surface area contributed by atoms with Crippen LogP contribution in [0.2, 0.25) is 0 Å². The number of esters is 1. The third-order valence-electron chi connectivity index (χ3n) is 1.69. The molecule has 0 N–H and O–H groups in total. The molecule has 0 spiro atoms. The molecule has 0 atom stereocenters. The number of carbonyl (C=O) groups excluding carboxylic acids is 1. The first-order valence-electron chi connectivity index (χ1n) is 3.81. The maximum absolute atomic E-state index is 12.6. The zero-order valence-corrected chi connectivity index (χ0v) is 7.50. The van der Waals surface area contributed by atoms with Gasteiger partial charge in [-0.05, 0) is 18.6 Å². The van der Waals surface area contributed by atoms with Crippen LogP contribution in [0.25, 0.3) is 0 Å². The Labute approximate surface area is 75.6 Å². The molecule has 1 aromatic heterocycles. The van der Waals surface area contributed by atoms with Gasteiger partial charge in [0.2, 0.25) is 0 Å². The molecular weight excluding hydrogens is 173 g/mol. The van der Waals surface area contributed by atoms with Gasteiger partial charge in [0.15, 0.2) is 0 Å². The molecule has 4 heteroatoms. The molecule has 0 aliphatic rings. The van der Waals surface area contributed by atoms with Gasteiger partial charge in [-0.15, -0.1) is 0 Å². The molecule has 1 heterocycles. The molecule has 0 fully saturated rings. The zero-order chi connectivity index (χ0) is 9.84. The van der Waals surface area contributed by atoms with Crippen LogP contribution in [0.3, 0.4) is 0 Å². The summed E-state index contributed by atoms with van der Waals surface area (Å²) in [5.41, 5.74) is 1.21. The number of carbonyl (C=O) groups is 1. The molecule has 1 rings (SSSR count). The molecule has 13 heavy (non-hydrogen) atoms. The number of halogens is 1. The molecule has 0 bridgehead atoms. The first kappa shape index (κ1) is 9.64. The zero-order valence-electron chi connectivity index (χ0n) is 7.50. The highest BCUT2D eigenvalue weighted by atomic mass is 19.1. The van der Waals surface area contributed by atoms with E-state index in [2.05, 4.69) is 9.72 Å². The van der Waals surface area contributed by atoms with Crippen LogP contribution in [0, 0.1) is 12.7 Å². The van der Waals surface area contributed by atoms with Crippen molar-refractivity contribution in [2.24, 2.45) is 0 Å². The molecule has 1 aromatic rings. The van der Waals surface area contributed by atoms with Gasteiger partial charge in [0.1, 0.15) is 5.82 Å². The Morgan fingerprint density at radius 3 is 2.92 bits per heavy atom. The Morgan fingerprint density at radius 2 is 2.38 bits per heavy atom. The second-order valence-corrected chi connectivity index (χ2v) is 2.67. The quantitative estimate of drug-likeness (QED) is 0.647. The highest BCUT2D eigenvalue weighted by Crippen LogP contribution is 2.07. The second-order valence-electron chi connectivity index (χ2n) is 2.67. The summed E-state index contributed by atoms with van der Waals surface area (Å²) in [7, 11) is 1.31. The number of nitrogens with zero attached hydrogens (tertiary/aromatic N) is 1. The van der Waals surface area contributed by atoms with Gasteiger partial charge < -0.3 is 4.74 Å². The predicted molar refractivity (Wildman–Crippen MR) is 44.7 cm³/mol. The molecule has 0 saturated heterocycles. The van der Waals surface area contributed by atoms with Crippen molar-refractivity contribution in [3.8, 4) is 0 Å². The Morgan fingerprint density at radius 1 is 1.69 bits per heavy atom. The van der Waals surface area contributed by atoms with Crippen LogP contribution in [0.4, 0.5) is 4.39 Å². The van der Waals surface area contributed by atoms with E-state index in [-0.39, 0.29) is 12.4 Å². The van der Waals surface area contributed by atoms with Crippen LogP contribution in [-0.2, 0) is 16.0 Å². The molecule has 0 aliphatic carbocycles. The van der Waals surface area contributed by atoms with Gasteiger partial charge in [0.25, 0.3) is 0 Å². The van der Waals surface area contributed by atoms with Gasteiger partial charge in [0, 0.05) is 0 Å². The Bertz CT molecular complexity index is 325. The minimum atomic E-state index is -0.397. The van der Waals surface area contributed by atoms with Crippen LogP contribution in [0.5, 0.6) is 0 Å². The van der Waals surface area contributed by atoms with E-state index in [0.29, 0.717) is 11.3 Å². The summed E-state index contributed by atoms with van der Waals surface area (Å²) >= 11 is 0. The Hall–Kier alpha value is -1.45. The number of hydrogen-bond acceptors (Lipinski definition) is 3. The van der Waals surface area contributed by atoms with Crippen LogP contribution >= 0.6 is 0 Å². The summed E-state index contributed by atoms with van der Waals surface area (Å²) < 4.78 is 17.1. The fraction of sp³-hybridized carbons (Fsp3) is 0.333. The van der Waals surface area contributed by atoms with E-state index in [4.69, 9.17) is 0 Å². The summed E-state index contributed by atoms with van der Waals surface area (Å²) in [5, 5.41) is 0. The highest BCUT2D eigenvalue weighted by Gasteiger charge is 2.07. The first-order chi connectivity index (χ1) is 6.13. The molecule has 0 saturated carbocycles. The van der Waals surface area contributed by atoms with Crippen molar-refractivity contribution in [3.63, 3.8) is 0 Å². The Balaban J connectivity index is 2.83. The fourth-order valence-corrected chi connectivity index (χ4v) is 0.963. The molecule has 0 unspecified atom stereocenters. The van der Waals surface area contributed by atoms with Crippen LogP contribution in [-0.4, -0.2) is 18.1 Å². The van der Waals surface area contributed by atoms with Gasteiger partial charge in [0.05, 0.1) is 25.4 Å². The topological polar surface area (TPSA) is 39.2 Å². The smallest absolute Gasteiger partial charge is 0.311 e. The molecule has 0 aliphatic heterocycles. The number of hydrogen-bond donors (Lipinski definition) is 0. The molecule has 0 amide bonds. The average Bonchev–Trinajstić information content (AvgIpc) is 2.09. The van der Waals surface area contributed by atoms with Gasteiger partial charge in [-0.3, -0.25) is 9.78 Å². The van der Waals surface area contributed by atoms with Crippen molar-refractivity contribution in [1.29, 1.82) is 0 Å². The van der Waals surface area contributed by atoms with Crippen molar-refractivity contribution < 1.29 is 13.9 Å². The third-order valence-corrected chi connectivity index (χ3v) is 1.69. The lowest BCUT2D eigenvalue weighted by molar-refractivity contribution is -0.139.